The third-order valence-electron chi connectivity index (χ3n) is 7.41. The molecule has 0 amide bonds. The van der Waals surface area contributed by atoms with Gasteiger partial charge in [-0.15, -0.1) is 0 Å². The number of hydrogen-bond donors (Lipinski definition) is 0. The van der Waals surface area contributed by atoms with Crippen molar-refractivity contribution >= 4 is 38.6 Å². The summed E-state index contributed by atoms with van der Waals surface area (Å²) in [6, 6.07) is 58.8. The van der Waals surface area contributed by atoms with Crippen LogP contribution in [0.1, 0.15) is 0 Å². The van der Waals surface area contributed by atoms with Gasteiger partial charge in [-0.05, 0) is 80.7 Å². The van der Waals surface area contributed by atoms with Crippen LogP contribution < -0.4 is 4.90 Å². The van der Waals surface area contributed by atoms with Gasteiger partial charge in [-0.1, -0.05) is 121 Å². The van der Waals surface area contributed by atoms with Crippen LogP contribution >= 0.6 is 0 Å². The molecule has 0 atom stereocenters. The minimum atomic E-state index is 1.13. The van der Waals surface area contributed by atoms with Gasteiger partial charge in [0.1, 0.15) is 0 Å². The Balaban J connectivity index is 1.54. The van der Waals surface area contributed by atoms with Crippen molar-refractivity contribution < 1.29 is 0 Å². The first-order chi connectivity index (χ1) is 19.3. The van der Waals surface area contributed by atoms with Crippen LogP contribution in [-0.4, -0.2) is 0 Å². The predicted molar refractivity (Wildman–Crippen MR) is 167 cm³/mol. The first-order valence-corrected chi connectivity index (χ1v) is 13.4. The van der Waals surface area contributed by atoms with Crippen molar-refractivity contribution in [2.75, 3.05) is 4.90 Å². The normalized spacial score (nSPS) is 11.1. The summed E-state index contributed by atoms with van der Waals surface area (Å²) in [4.78, 5) is 2.37. The molecule has 184 valence electrons. The van der Waals surface area contributed by atoms with E-state index in [4.69, 9.17) is 0 Å². The van der Waals surface area contributed by atoms with Gasteiger partial charge in [0.15, 0.2) is 0 Å². The Morgan fingerprint density at radius 1 is 0.333 bits per heavy atom. The highest BCUT2D eigenvalue weighted by Crippen LogP contribution is 2.46. The van der Waals surface area contributed by atoms with Crippen LogP contribution in [0.25, 0.3) is 43.8 Å². The first kappa shape index (κ1) is 23.0. The topological polar surface area (TPSA) is 3.24 Å². The number of para-hydroxylation sites is 2. The minimum absolute atomic E-state index is 1.13. The zero-order chi connectivity index (χ0) is 26.0. The van der Waals surface area contributed by atoms with Gasteiger partial charge in [-0.25, -0.2) is 0 Å². The second-order valence-electron chi connectivity index (χ2n) is 9.83. The molecule has 1 nitrogen and oxygen atoms in total. The molecular formula is C38H27N. The number of benzene rings is 7. The van der Waals surface area contributed by atoms with E-state index >= 15 is 0 Å². The van der Waals surface area contributed by atoms with E-state index < -0.39 is 0 Å². The van der Waals surface area contributed by atoms with Crippen LogP contribution in [0.15, 0.2) is 164 Å². The maximum absolute atomic E-state index is 2.37. The highest BCUT2D eigenvalue weighted by atomic mass is 15.1. The Hall–Kier alpha value is -5.14. The molecule has 39 heavy (non-hydrogen) atoms. The SMILES string of the molecule is c1ccc(N(c2ccccc2)c2cccc(-c3ccc4ccccc4c3)c2-c2ccc3ccccc3c2)cc1. The fourth-order valence-electron chi connectivity index (χ4n) is 5.55. The lowest BCUT2D eigenvalue weighted by atomic mass is 9.90. The summed E-state index contributed by atoms with van der Waals surface area (Å²) in [5, 5.41) is 4.97. The number of anilines is 3. The number of rotatable bonds is 5. The fourth-order valence-corrected chi connectivity index (χ4v) is 5.55. The molecule has 7 rings (SSSR count). The number of nitrogens with zero attached hydrogens (tertiary/aromatic N) is 1. The van der Waals surface area contributed by atoms with E-state index in [1.165, 1.54) is 43.8 Å². The van der Waals surface area contributed by atoms with Gasteiger partial charge in [0.2, 0.25) is 0 Å². The third-order valence-corrected chi connectivity index (χ3v) is 7.41. The summed E-state index contributed by atoms with van der Waals surface area (Å²) < 4.78 is 0. The number of hydrogen-bond acceptors (Lipinski definition) is 1. The molecule has 0 aliphatic heterocycles. The predicted octanol–water partition coefficient (Wildman–Crippen LogP) is 10.8. The molecule has 0 saturated carbocycles. The Kier molecular flexibility index (Phi) is 5.88. The monoisotopic (exact) mass is 497 g/mol. The highest BCUT2D eigenvalue weighted by molar-refractivity contribution is 6.00. The smallest absolute Gasteiger partial charge is 0.0546 e. The zero-order valence-electron chi connectivity index (χ0n) is 21.5. The molecule has 0 saturated heterocycles. The summed E-state index contributed by atoms with van der Waals surface area (Å²) in [5.41, 5.74) is 8.23. The summed E-state index contributed by atoms with van der Waals surface area (Å²) >= 11 is 0. The van der Waals surface area contributed by atoms with E-state index in [9.17, 15) is 0 Å². The van der Waals surface area contributed by atoms with Crippen LogP contribution in [0.3, 0.4) is 0 Å². The van der Waals surface area contributed by atoms with E-state index in [1.807, 2.05) is 0 Å². The largest absolute Gasteiger partial charge is 0.310 e. The van der Waals surface area contributed by atoms with Crippen LogP contribution in [0.2, 0.25) is 0 Å². The van der Waals surface area contributed by atoms with Gasteiger partial charge < -0.3 is 4.90 Å². The van der Waals surface area contributed by atoms with Gasteiger partial charge in [0.05, 0.1) is 5.69 Å². The molecule has 7 aromatic rings. The van der Waals surface area contributed by atoms with Crippen molar-refractivity contribution in [2.24, 2.45) is 0 Å². The summed E-state index contributed by atoms with van der Waals surface area (Å²) in [6.07, 6.45) is 0. The van der Waals surface area contributed by atoms with Crippen molar-refractivity contribution in [3.05, 3.63) is 164 Å². The second-order valence-corrected chi connectivity index (χ2v) is 9.83. The molecule has 0 spiro atoms. The van der Waals surface area contributed by atoms with Crippen LogP contribution in [-0.2, 0) is 0 Å². The molecule has 0 aliphatic rings. The summed E-state index contributed by atoms with van der Waals surface area (Å²) in [5.74, 6) is 0. The van der Waals surface area contributed by atoms with E-state index in [0.29, 0.717) is 0 Å². The van der Waals surface area contributed by atoms with E-state index in [2.05, 4.69) is 169 Å². The average Bonchev–Trinajstić information content (AvgIpc) is 3.02. The van der Waals surface area contributed by atoms with Crippen LogP contribution in [0.4, 0.5) is 17.1 Å². The molecular weight excluding hydrogens is 470 g/mol. The molecule has 0 aliphatic carbocycles. The second kappa shape index (κ2) is 9.96. The van der Waals surface area contributed by atoms with E-state index in [1.54, 1.807) is 0 Å². The Bertz CT molecular complexity index is 1870. The lowest BCUT2D eigenvalue weighted by molar-refractivity contribution is 1.28. The average molecular weight is 498 g/mol. The molecule has 0 N–H and O–H groups in total. The van der Waals surface area contributed by atoms with Crippen LogP contribution in [0.5, 0.6) is 0 Å². The fraction of sp³-hybridized carbons (Fsp3) is 0. The van der Waals surface area contributed by atoms with E-state index in [0.717, 1.165) is 17.1 Å². The van der Waals surface area contributed by atoms with Crippen molar-refractivity contribution in [2.45, 2.75) is 0 Å². The standard InChI is InChI=1S/C38H27N/c1-3-16-34(17-4-1)39(35-18-5-2-6-19-35)37-21-11-20-36(32-24-22-28-12-7-9-14-30(28)26-32)38(37)33-25-23-29-13-8-10-15-31(29)27-33/h1-27H. The minimum Gasteiger partial charge on any atom is -0.310 e. The lowest BCUT2D eigenvalue weighted by Crippen LogP contribution is -2.11. The van der Waals surface area contributed by atoms with Crippen LogP contribution in [0, 0.1) is 0 Å². The van der Waals surface area contributed by atoms with Gasteiger partial charge >= 0.3 is 0 Å². The quantitative estimate of drug-likeness (QED) is 0.229. The van der Waals surface area contributed by atoms with Crippen molar-refractivity contribution in [1.29, 1.82) is 0 Å². The van der Waals surface area contributed by atoms with Gasteiger partial charge in [-0.3, -0.25) is 0 Å². The van der Waals surface area contributed by atoms with E-state index in [-0.39, 0.29) is 0 Å². The first-order valence-electron chi connectivity index (χ1n) is 13.4. The molecule has 1 heteroatoms. The van der Waals surface area contributed by atoms with Crippen molar-refractivity contribution in [1.82, 2.24) is 0 Å². The summed E-state index contributed by atoms with van der Waals surface area (Å²) in [7, 11) is 0. The molecule has 0 unspecified atom stereocenters. The maximum atomic E-state index is 2.37. The molecule has 0 bridgehead atoms. The number of fused-ring (bicyclic) bond motifs is 2. The molecule has 0 radical (unpaired) electrons. The van der Waals surface area contributed by atoms with Crippen molar-refractivity contribution in [3.8, 4) is 22.3 Å². The zero-order valence-corrected chi connectivity index (χ0v) is 21.5. The third kappa shape index (κ3) is 4.35. The Labute approximate surface area is 229 Å². The van der Waals surface area contributed by atoms with Gasteiger partial charge in [0.25, 0.3) is 0 Å². The maximum Gasteiger partial charge on any atom is 0.0546 e. The van der Waals surface area contributed by atoms with Gasteiger partial charge in [0, 0.05) is 16.9 Å². The molecule has 0 fully saturated rings. The van der Waals surface area contributed by atoms with Gasteiger partial charge in [-0.2, -0.15) is 0 Å². The highest BCUT2D eigenvalue weighted by Gasteiger charge is 2.20. The molecule has 7 aromatic carbocycles. The Morgan fingerprint density at radius 3 is 1.41 bits per heavy atom. The lowest BCUT2D eigenvalue weighted by Gasteiger charge is -2.29. The summed E-state index contributed by atoms with van der Waals surface area (Å²) in [6.45, 7) is 0. The molecule has 0 heterocycles. The molecule has 0 aromatic heterocycles. The Morgan fingerprint density at radius 2 is 0.821 bits per heavy atom. The van der Waals surface area contributed by atoms with Crippen molar-refractivity contribution in [3.63, 3.8) is 0 Å².